The molecule has 4 aliphatic carbocycles. The highest BCUT2D eigenvalue weighted by atomic mass is 16.7. The topological polar surface area (TPSA) is 35.5 Å². The molecule has 5 aliphatic rings. The Morgan fingerprint density at radius 1 is 1.12 bits per heavy atom. The molecule has 0 radical (unpaired) electrons. The third kappa shape index (κ3) is 2.10. The molecule has 0 aromatic heterocycles. The normalized spacial score (nSPS) is 46.4. The standard InChI is InChI=1S/C23H32O3/c1-4-15-13-16-17-5-6-20(24)22(17,3)8-7-18(16)21(2)9-10-23(14-19(15)21)25-11-12-26-23/h5-6,16-18H,4,7-14H2,1-3H3/t16-,17-,18-,21+,22-/m0/s1. The summed E-state index contributed by atoms with van der Waals surface area (Å²) in [5, 5.41) is 0. The van der Waals surface area contributed by atoms with Crippen molar-refractivity contribution in [2.45, 2.75) is 71.5 Å². The highest BCUT2D eigenvalue weighted by Gasteiger charge is 2.60. The van der Waals surface area contributed by atoms with Crippen LogP contribution in [-0.4, -0.2) is 24.8 Å². The lowest BCUT2D eigenvalue weighted by atomic mass is 9.46. The third-order valence-corrected chi connectivity index (χ3v) is 8.83. The van der Waals surface area contributed by atoms with Gasteiger partial charge in [0.15, 0.2) is 11.6 Å². The van der Waals surface area contributed by atoms with Gasteiger partial charge in [0.05, 0.1) is 13.2 Å². The fourth-order valence-electron chi connectivity index (χ4n) is 7.25. The van der Waals surface area contributed by atoms with Gasteiger partial charge in [0.2, 0.25) is 0 Å². The summed E-state index contributed by atoms with van der Waals surface area (Å²) in [6.45, 7) is 8.52. The van der Waals surface area contributed by atoms with Crippen molar-refractivity contribution in [2.75, 3.05) is 13.2 Å². The number of hydrogen-bond acceptors (Lipinski definition) is 3. The van der Waals surface area contributed by atoms with Gasteiger partial charge in [-0.05, 0) is 61.3 Å². The summed E-state index contributed by atoms with van der Waals surface area (Å²) >= 11 is 0. The molecule has 2 saturated carbocycles. The van der Waals surface area contributed by atoms with E-state index in [4.69, 9.17) is 9.47 Å². The number of ether oxygens (including phenoxy) is 2. The Morgan fingerprint density at radius 3 is 2.62 bits per heavy atom. The quantitative estimate of drug-likeness (QED) is 0.632. The van der Waals surface area contributed by atoms with Gasteiger partial charge >= 0.3 is 0 Å². The van der Waals surface area contributed by atoms with Gasteiger partial charge in [-0.3, -0.25) is 4.79 Å². The van der Waals surface area contributed by atoms with Crippen molar-refractivity contribution in [2.24, 2.45) is 28.6 Å². The van der Waals surface area contributed by atoms with E-state index in [1.165, 1.54) is 12.8 Å². The summed E-state index contributed by atoms with van der Waals surface area (Å²) < 4.78 is 12.2. The number of hydrogen-bond donors (Lipinski definition) is 0. The molecule has 0 bridgehead atoms. The maximum Gasteiger partial charge on any atom is 0.172 e. The smallest absolute Gasteiger partial charge is 0.172 e. The molecule has 3 nitrogen and oxygen atoms in total. The van der Waals surface area contributed by atoms with Crippen LogP contribution >= 0.6 is 0 Å². The minimum absolute atomic E-state index is 0.137. The highest BCUT2D eigenvalue weighted by molar-refractivity contribution is 5.97. The molecule has 0 aromatic rings. The number of rotatable bonds is 1. The van der Waals surface area contributed by atoms with E-state index in [1.807, 2.05) is 6.08 Å². The van der Waals surface area contributed by atoms with E-state index in [9.17, 15) is 4.79 Å². The second-order valence-electron chi connectivity index (χ2n) is 9.82. The fraction of sp³-hybridized carbons (Fsp3) is 0.783. The maximum absolute atomic E-state index is 12.6. The molecular formula is C23H32O3. The van der Waals surface area contributed by atoms with Gasteiger partial charge in [0.1, 0.15) is 0 Å². The van der Waals surface area contributed by atoms with Gasteiger partial charge in [0, 0.05) is 18.3 Å². The van der Waals surface area contributed by atoms with Gasteiger partial charge in [-0.15, -0.1) is 0 Å². The van der Waals surface area contributed by atoms with Crippen LogP contribution in [0.5, 0.6) is 0 Å². The van der Waals surface area contributed by atoms with Gasteiger partial charge in [-0.25, -0.2) is 0 Å². The Kier molecular flexibility index (Phi) is 3.66. The van der Waals surface area contributed by atoms with Crippen LogP contribution in [-0.2, 0) is 14.3 Å². The van der Waals surface area contributed by atoms with Crippen LogP contribution in [0.25, 0.3) is 0 Å². The summed E-state index contributed by atoms with van der Waals surface area (Å²) in [4.78, 5) is 12.6. The summed E-state index contributed by atoms with van der Waals surface area (Å²) in [6, 6.07) is 0. The molecule has 1 aliphatic heterocycles. The number of ketones is 1. The van der Waals surface area contributed by atoms with Gasteiger partial charge in [-0.2, -0.15) is 0 Å². The molecule has 0 unspecified atom stereocenters. The van der Waals surface area contributed by atoms with Crippen molar-refractivity contribution in [3.63, 3.8) is 0 Å². The van der Waals surface area contributed by atoms with Crippen LogP contribution in [0.3, 0.4) is 0 Å². The number of fused-ring (bicyclic) bond motifs is 5. The molecule has 5 rings (SSSR count). The first-order valence-electron chi connectivity index (χ1n) is 10.6. The lowest BCUT2D eigenvalue weighted by Crippen LogP contribution is -2.53. The van der Waals surface area contributed by atoms with Crippen molar-refractivity contribution in [1.29, 1.82) is 0 Å². The molecule has 26 heavy (non-hydrogen) atoms. The van der Waals surface area contributed by atoms with E-state index in [2.05, 4.69) is 26.8 Å². The molecule has 1 saturated heterocycles. The van der Waals surface area contributed by atoms with E-state index in [-0.39, 0.29) is 16.6 Å². The number of carbonyl (C=O) groups is 1. The van der Waals surface area contributed by atoms with Crippen LogP contribution in [0.2, 0.25) is 0 Å². The molecule has 0 amide bonds. The molecular weight excluding hydrogens is 324 g/mol. The Morgan fingerprint density at radius 2 is 1.88 bits per heavy atom. The van der Waals surface area contributed by atoms with Gasteiger partial charge in [0.25, 0.3) is 0 Å². The summed E-state index contributed by atoms with van der Waals surface area (Å²) in [5.41, 5.74) is 3.40. The Balaban J connectivity index is 1.55. The third-order valence-electron chi connectivity index (χ3n) is 8.83. The average Bonchev–Trinajstić information content (AvgIpc) is 3.20. The molecule has 3 fully saturated rings. The van der Waals surface area contributed by atoms with Crippen molar-refractivity contribution in [3.05, 3.63) is 23.3 Å². The predicted molar refractivity (Wildman–Crippen MR) is 100 cm³/mol. The van der Waals surface area contributed by atoms with Crippen LogP contribution in [0.1, 0.15) is 65.7 Å². The lowest BCUT2D eigenvalue weighted by Gasteiger charge is -2.59. The van der Waals surface area contributed by atoms with Gasteiger partial charge in [-0.1, -0.05) is 38.0 Å². The Labute approximate surface area is 157 Å². The minimum Gasteiger partial charge on any atom is -0.347 e. The van der Waals surface area contributed by atoms with Crippen molar-refractivity contribution >= 4 is 5.78 Å². The van der Waals surface area contributed by atoms with E-state index in [0.29, 0.717) is 23.5 Å². The van der Waals surface area contributed by atoms with E-state index < -0.39 is 0 Å². The van der Waals surface area contributed by atoms with Crippen molar-refractivity contribution in [1.82, 2.24) is 0 Å². The second-order valence-corrected chi connectivity index (χ2v) is 9.82. The van der Waals surface area contributed by atoms with Crippen molar-refractivity contribution < 1.29 is 14.3 Å². The molecule has 0 aromatic carbocycles. The SMILES string of the molecule is CCC1=C2CC3(CC[C@]2(C)[C@H]2CC[C@]4(C)C(=O)C=C[C@H]4[C@@H]2C1)OCCO3. The first-order valence-corrected chi connectivity index (χ1v) is 10.6. The second kappa shape index (κ2) is 5.54. The number of allylic oxidation sites excluding steroid dienone is 3. The molecule has 5 atom stereocenters. The Bertz CT molecular complexity index is 698. The van der Waals surface area contributed by atoms with Crippen LogP contribution in [0.4, 0.5) is 0 Å². The average molecular weight is 357 g/mol. The molecule has 3 heteroatoms. The summed E-state index contributed by atoms with van der Waals surface area (Å²) in [5.74, 6) is 1.78. The monoisotopic (exact) mass is 356 g/mol. The molecule has 1 heterocycles. The summed E-state index contributed by atoms with van der Waals surface area (Å²) in [7, 11) is 0. The van der Waals surface area contributed by atoms with Gasteiger partial charge < -0.3 is 9.47 Å². The van der Waals surface area contributed by atoms with E-state index in [0.717, 1.165) is 45.3 Å². The van der Waals surface area contributed by atoms with Crippen LogP contribution < -0.4 is 0 Å². The number of carbonyl (C=O) groups excluding carboxylic acids is 1. The van der Waals surface area contributed by atoms with Crippen LogP contribution in [0, 0.1) is 28.6 Å². The first kappa shape index (κ1) is 17.2. The molecule has 1 spiro atoms. The first-order chi connectivity index (χ1) is 12.4. The molecule has 142 valence electrons. The van der Waals surface area contributed by atoms with Crippen molar-refractivity contribution in [3.8, 4) is 0 Å². The van der Waals surface area contributed by atoms with E-state index in [1.54, 1.807) is 11.1 Å². The maximum atomic E-state index is 12.6. The Hall–Kier alpha value is -0.930. The lowest BCUT2D eigenvalue weighted by molar-refractivity contribution is -0.185. The van der Waals surface area contributed by atoms with Crippen LogP contribution in [0.15, 0.2) is 23.3 Å². The zero-order valence-electron chi connectivity index (χ0n) is 16.5. The zero-order valence-corrected chi connectivity index (χ0v) is 16.5. The predicted octanol–water partition coefficient (Wildman–Crippen LogP) is 4.82. The van der Waals surface area contributed by atoms with E-state index >= 15 is 0 Å². The largest absolute Gasteiger partial charge is 0.347 e. The molecule has 0 N–H and O–H groups in total. The summed E-state index contributed by atoms with van der Waals surface area (Å²) in [6.07, 6.45) is 11.8. The highest BCUT2D eigenvalue weighted by Crippen LogP contribution is 2.65. The fourth-order valence-corrected chi connectivity index (χ4v) is 7.25. The minimum atomic E-state index is -0.339. The zero-order chi connectivity index (χ0) is 18.2.